The summed E-state index contributed by atoms with van der Waals surface area (Å²) in [4.78, 5) is 40.1. The molecule has 3 rings (SSSR count). The third-order valence-corrected chi connectivity index (χ3v) is 4.11. The van der Waals surface area contributed by atoms with E-state index in [0.717, 1.165) is 0 Å². The average Bonchev–Trinajstić information content (AvgIpc) is 2.81. The van der Waals surface area contributed by atoms with E-state index in [1.807, 2.05) is 12.1 Å². The van der Waals surface area contributed by atoms with Crippen LogP contribution in [-0.2, 0) is 9.47 Å². The number of amides is 1. The summed E-state index contributed by atoms with van der Waals surface area (Å²) in [6.07, 6.45) is 2.35. The lowest BCUT2D eigenvalue weighted by Crippen LogP contribution is -2.34. The first-order chi connectivity index (χ1) is 16.2. The molecule has 11 heteroatoms. The fourth-order valence-corrected chi connectivity index (χ4v) is 2.71. The highest BCUT2D eigenvalue weighted by atomic mass is 16.6. The number of esters is 1. The van der Waals surface area contributed by atoms with Gasteiger partial charge in [0.25, 0.3) is 0 Å². The first-order valence-electron chi connectivity index (χ1n) is 10.4. The van der Waals surface area contributed by atoms with Crippen molar-refractivity contribution in [3.8, 4) is 17.1 Å². The van der Waals surface area contributed by atoms with Crippen molar-refractivity contribution in [1.29, 1.82) is 0 Å². The molecular formula is C23H26N6O5. The highest BCUT2D eigenvalue weighted by molar-refractivity contribution is 5.88. The summed E-state index contributed by atoms with van der Waals surface area (Å²) in [7, 11) is 1.29. The largest absolute Gasteiger partial charge is 0.492 e. The Hall–Kier alpha value is -4.28. The van der Waals surface area contributed by atoms with Crippen molar-refractivity contribution in [3.63, 3.8) is 0 Å². The standard InChI is InChI=1S/C23H26N6O5/c1-23(2,3)34-22(31)25-10-11-33-17-7-5-6-16(13-17)28-21-27-14-26-19(29-21)15-8-9-24-18(12-15)20(30)32-4/h5-9,12-14H,10-11H2,1-4H3,(H,25,31)(H,26,27,28,29). The Bertz CT molecular complexity index is 1150. The van der Waals surface area contributed by atoms with Gasteiger partial charge >= 0.3 is 12.1 Å². The van der Waals surface area contributed by atoms with Gasteiger partial charge < -0.3 is 24.8 Å². The van der Waals surface area contributed by atoms with E-state index in [2.05, 4.69) is 30.6 Å². The lowest BCUT2D eigenvalue weighted by atomic mass is 10.2. The normalized spacial score (nSPS) is 10.8. The van der Waals surface area contributed by atoms with Crippen molar-refractivity contribution in [3.05, 3.63) is 54.6 Å². The van der Waals surface area contributed by atoms with Gasteiger partial charge in [-0.2, -0.15) is 4.98 Å². The first kappa shape index (κ1) is 24.4. The lowest BCUT2D eigenvalue weighted by molar-refractivity contribution is 0.0519. The zero-order valence-electron chi connectivity index (χ0n) is 19.4. The van der Waals surface area contributed by atoms with E-state index >= 15 is 0 Å². The van der Waals surface area contributed by atoms with Gasteiger partial charge in [0.15, 0.2) is 5.82 Å². The number of hydrogen-bond acceptors (Lipinski definition) is 10. The second-order valence-electron chi connectivity index (χ2n) is 7.98. The SMILES string of the molecule is COC(=O)c1cc(-c2ncnc(Nc3cccc(OCCNC(=O)OC(C)(C)C)c3)n2)ccn1. The van der Waals surface area contributed by atoms with Crippen LogP contribution in [0.1, 0.15) is 31.3 Å². The van der Waals surface area contributed by atoms with Crippen molar-refractivity contribution >= 4 is 23.7 Å². The molecule has 0 spiro atoms. The Morgan fingerprint density at radius 2 is 1.88 bits per heavy atom. The molecule has 0 aliphatic rings. The van der Waals surface area contributed by atoms with Gasteiger partial charge in [-0.15, -0.1) is 0 Å². The quantitative estimate of drug-likeness (QED) is 0.375. The van der Waals surface area contributed by atoms with Crippen LogP contribution in [0.2, 0.25) is 0 Å². The number of pyridine rings is 1. The van der Waals surface area contributed by atoms with Crippen LogP contribution in [0.3, 0.4) is 0 Å². The fourth-order valence-electron chi connectivity index (χ4n) is 2.71. The van der Waals surface area contributed by atoms with E-state index in [1.54, 1.807) is 45.0 Å². The molecule has 0 radical (unpaired) electrons. The smallest absolute Gasteiger partial charge is 0.407 e. The van der Waals surface area contributed by atoms with Crippen molar-refractivity contribution in [1.82, 2.24) is 25.3 Å². The molecule has 1 amide bonds. The molecule has 0 unspecified atom stereocenters. The van der Waals surface area contributed by atoms with Crippen LogP contribution < -0.4 is 15.4 Å². The third kappa shape index (κ3) is 7.40. The van der Waals surface area contributed by atoms with Crippen molar-refractivity contribution in [2.75, 3.05) is 25.6 Å². The molecular weight excluding hydrogens is 440 g/mol. The van der Waals surface area contributed by atoms with Crippen molar-refractivity contribution in [2.45, 2.75) is 26.4 Å². The number of methoxy groups -OCH3 is 1. The molecule has 0 aliphatic carbocycles. The summed E-state index contributed by atoms with van der Waals surface area (Å²) >= 11 is 0. The minimum absolute atomic E-state index is 0.154. The summed E-state index contributed by atoms with van der Waals surface area (Å²) in [6, 6.07) is 10.4. The maximum absolute atomic E-state index is 11.7. The van der Waals surface area contributed by atoms with Crippen LogP contribution in [0.25, 0.3) is 11.4 Å². The molecule has 2 N–H and O–H groups in total. The summed E-state index contributed by atoms with van der Waals surface area (Å²) < 4.78 is 15.6. The van der Waals surface area contributed by atoms with Gasteiger partial charge in [-0.3, -0.25) is 0 Å². The van der Waals surface area contributed by atoms with Crippen LogP contribution in [0, 0.1) is 0 Å². The van der Waals surface area contributed by atoms with Crippen LogP contribution in [0.5, 0.6) is 5.75 Å². The van der Waals surface area contributed by atoms with Gasteiger partial charge in [-0.05, 0) is 45.0 Å². The number of rotatable bonds is 8. The molecule has 0 atom stereocenters. The Labute approximate surface area is 196 Å². The number of hydrogen-bond donors (Lipinski definition) is 2. The average molecular weight is 466 g/mol. The van der Waals surface area contributed by atoms with Gasteiger partial charge in [0.2, 0.25) is 5.95 Å². The van der Waals surface area contributed by atoms with Gasteiger partial charge in [-0.25, -0.2) is 24.5 Å². The summed E-state index contributed by atoms with van der Waals surface area (Å²) in [5.41, 5.74) is 0.886. The first-order valence-corrected chi connectivity index (χ1v) is 10.4. The van der Waals surface area contributed by atoms with Gasteiger partial charge in [-0.1, -0.05) is 6.07 Å². The van der Waals surface area contributed by atoms with Gasteiger partial charge in [0, 0.05) is 23.5 Å². The number of nitrogens with zero attached hydrogens (tertiary/aromatic N) is 4. The molecule has 0 fully saturated rings. The van der Waals surface area contributed by atoms with E-state index in [-0.39, 0.29) is 12.3 Å². The van der Waals surface area contributed by atoms with E-state index in [4.69, 9.17) is 14.2 Å². The number of ether oxygens (including phenoxy) is 3. The molecule has 178 valence electrons. The topological polar surface area (TPSA) is 137 Å². The summed E-state index contributed by atoms with van der Waals surface area (Å²) in [5, 5.41) is 5.74. The molecule has 11 nitrogen and oxygen atoms in total. The highest BCUT2D eigenvalue weighted by Crippen LogP contribution is 2.21. The Balaban J connectivity index is 1.60. The molecule has 1 aromatic carbocycles. The maximum Gasteiger partial charge on any atom is 0.407 e. The molecule has 0 saturated heterocycles. The van der Waals surface area contributed by atoms with Crippen LogP contribution in [0.4, 0.5) is 16.4 Å². The number of anilines is 2. The van der Waals surface area contributed by atoms with E-state index in [9.17, 15) is 9.59 Å². The number of carbonyl (C=O) groups is 2. The zero-order valence-corrected chi connectivity index (χ0v) is 19.4. The van der Waals surface area contributed by atoms with Crippen molar-refractivity contribution < 1.29 is 23.8 Å². The number of nitrogens with one attached hydrogen (secondary N) is 2. The van der Waals surface area contributed by atoms with Crippen molar-refractivity contribution in [2.24, 2.45) is 0 Å². The Kier molecular flexibility index (Phi) is 7.91. The number of alkyl carbamates (subject to hydrolysis) is 1. The molecule has 3 aromatic rings. The second kappa shape index (κ2) is 11.0. The number of benzene rings is 1. The minimum atomic E-state index is -0.555. The predicted molar refractivity (Wildman–Crippen MR) is 124 cm³/mol. The minimum Gasteiger partial charge on any atom is -0.492 e. The molecule has 2 heterocycles. The van der Waals surface area contributed by atoms with E-state index < -0.39 is 17.7 Å². The van der Waals surface area contributed by atoms with Crippen LogP contribution >= 0.6 is 0 Å². The Morgan fingerprint density at radius 1 is 1.06 bits per heavy atom. The molecule has 0 bridgehead atoms. The lowest BCUT2D eigenvalue weighted by Gasteiger charge is -2.19. The van der Waals surface area contributed by atoms with E-state index in [0.29, 0.717) is 35.3 Å². The molecule has 0 aliphatic heterocycles. The highest BCUT2D eigenvalue weighted by Gasteiger charge is 2.15. The third-order valence-electron chi connectivity index (χ3n) is 4.11. The van der Waals surface area contributed by atoms with Gasteiger partial charge in [0.05, 0.1) is 13.7 Å². The zero-order chi connectivity index (χ0) is 24.6. The summed E-state index contributed by atoms with van der Waals surface area (Å²) in [5.74, 6) is 0.727. The van der Waals surface area contributed by atoms with E-state index in [1.165, 1.54) is 19.6 Å². The number of carbonyl (C=O) groups excluding carboxylic acids is 2. The number of aromatic nitrogens is 4. The Morgan fingerprint density at radius 3 is 2.65 bits per heavy atom. The summed E-state index contributed by atoms with van der Waals surface area (Å²) in [6.45, 7) is 5.96. The second-order valence-corrected chi connectivity index (χ2v) is 7.98. The fraction of sp³-hybridized carbons (Fsp3) is 0.304. The molecule has 34 heavy (non-hydrogen) atoms. The van der Waals surface area contributed by atoms with Crippen LogP contribution in [0.15, 0.2) is 48.9 Å². The predicted octanol–water partition coefficient (Wildman–Crippen LogP) is 3.37. The monoisotopic (exact) mass is 466 g/mol. The van der Waals surface area contributed by atoms with Crippen LogP contribution in [-0.4, -0.2) is 57.9 Å². The maximum atomic E-state index is 11.7. The van der Waals surface area contributed by atoms with Gasteiger partial charge in [0.1, 0.15) is 30.0 Å². The molecule has 0 saturated carbocycles. The molecule has 2 aromatic heterocycles.